The second-order valence-corrected chi connectivity index (χ2v) is 4.84. The lowest BCUT2D eigenvalue weighted by atomic mass is 10.2. The molecule has 5 heteroatoms. The first-order valence-electron chi connectivity index (χ1n) is 6.23. The number of methoxy groups -OCH3 is 1. The summed E-state index contributed by atoms with van der Waals surface area (Å²) in [5, 5.41) is 13.3. The Kier molecular flexibility index (Phi) is 7.91. The molecule has 0 aliphatic heterocycles. The molecule has 0 spiro atoms. The van der Waals surface area contributed by atoms with Gasteiger partial charge in [-0.1, -0.05) is 11.8 Å². The number of carbonyl (C=O) groups excluding carboxylic acids is 1. The van der Waals surface area contributed by atoms with Crippen molar-refractivity contribution in [1.82, 2.24) is 5.32 Å². The molecule has 0 aliphatic rings. The Morgan fingerprint density at radius 2 is 2.37 bits per heavy atom. The van der Waals surface area contributed by atoms with Gasteiger partial charge in [0.1, 0.15) is 0 Å². The van der Waals surface area contributed by atoms with Crippen LogP contribution in [0.2, 0.25) is 0 Å². The van der Waals surface area contributed by atoms with Crippen molar-refractivity contribution in [3.05, 3.63) is 21.9 Å². The lowest BCUT2D eigenvalue weighted by molar-refractivity contribution is 0.0952. The molecule has 0 radical (unpaired) electrons. The van der Waals surface area contributed by atoms with Gasteiger partial charge in [0.25, 0.3) is 5.91 Å². The molecule has 0 saturated heterocycles. The average Bonchev–Trinajstić information content (AvgIpc) is 2.87. The molecule has 1 heterocycles. The summed E-state index contributed by atoms with van der Waals surface area (Å²) in [6.45, 7) is 1.44. The number of aliphatic hydroxyl groups is 1. The molecule has 0 fully saturated rings. The minimum atomic E-state index is -0.0659. The maximum Gasteiger partial charge on any atom is 0.252 e. The fraction of sp³-hybridized carbons (Fsp3) is 0.500. The predicted octanol–water partition coefficient (Wildman–Crippen LogP) is 1.64. The molecule has 19 heavy (non-hydrogen) atoms. The van der Waals surface area contributed by atoms with Crippen LogP contribution in [0, 0.1) is 11.8 Å². The van der Waals surface area contributed by atoms with Gasteiger partial charge < -0.3 is 15.2 Å². The van der Waals surface area contributed by atoms with Crippen LogP contribution < -0.4 is 5.32 Å². The molecule has 0 bridgehead atoms. The van der Waals surface area contributed by atoms with Crippen molar-refractivity contribution in [2.75, 3.05) is 26.9 Å². The molecule has 104 valence electrons. The lowest BCUT2D eigenvalue weighted by Gasteiger charge is -2.02. The van der Waals surface area contributed by atoms with E-state index in [4.69, 9.17) is 9.84 Å². The zero-order valence-corrected chi connectivity index (χ0v) is 11.9. The molecule has 0 aliphatic carbocycles. The highest BCUT2D eigenvalue weighted by molar-refractivity contribution is 7.10. The minimum Gasteiger partial charge on any atom is -0.395 e. The van der Waals surface area contributed by atoms with E-state index in [1.54, 1.807) is 18.6 Å². The van der Waals surface area contributed by atoms with Gasteiger partial charge in [0.15, 0.2) is 0 Å². The van der Waals surface area contributed by atoms with Crippen LogP contribution in [0.25, 0.3) is 0 Å². The van der Waals surface area contributed by atoms with Crippen molar-refractivity contribution >= 4 is 17.2 Å². The highest BCUT2D eigenvalue weighted by Gasteiger charge is 2.06. The number of rotatable bonds is 7. The van der Waals surface area contributed by atoms with Crippen LogP contribution in [0.4, 0.5) is 0 Å². The van der Waals surface area contributed by atoms with Crippen LogP contribution in [-0.4, -0.2) is 37.9 Å². The number of hydrogen-bond acceptors (Lipinski definition) is 4. The van der Waals surface area contributed by atoms with Gasteiger partial charge in [-0.2, -0.15) is 0 Å². The van der Waals surface area contributed by atoms with E-state index in [2.05, 4.69) is 17.2 Å². The average molecular weight is 281 g/mol. The first-order valence-corrected chi connectivity index (χ1v) is 7.11. The third kappa shape index (κ3) is 6.39. The summed E-state index contributed by atoms with van der Waals surface area (Å²) in [5.41, 5.74) is 0.644. The molecule has 2 N–H and O–H groups in total. The van der Waals surface area contributed by atoms with Crippen molar-refractivity contribution in [1.29, 1.82) is 0 Å². The molecule has 1 rings (SSSR count). The number of ether oxygens (including phenoxy) is 1. The summed E-state index contributed by atoms with van der Waals surface area (Å²) in [5.74, 6) is 5.69. The topological polar surface area (TPSA) is 58.6 Å². The zero-order chi connectivity index (χ0) is 13.9. The maximum absolute atomic E-state index is 11.8. The van der Waals surface area contributed by atoms with Gasteiger partial charge in [-0.05, 0) is 18.9 Å². The van der Waals surface area contributed by atoms with Crippen molar-refractivity contribution < 1.29 is 14.6 Å². The van der Waals surface area contributed by atoms with Crippen LogP contribution in [0.15, 0.2) is 11.4 Å². The second kappa shape index (κ2) is 9.56. The van der Waals surface area contributed by atoms with E-state index in [1.165, 1.54) is 11.3 Å². The van der Waals surface area contributed by atoms with Crippen molar-refractivity contribution in [2.24, 2.45) is 0 Å². The summed E-state index contributed by atoms with van der Waals surface area (Å²) in [7, 11) is 1.67. The van der Waals surface area contributed by atoms with Gasteiger partial charge in [-0.15, -0.1) is 11.3 Å². The van der Waals surface area contributed by atoms with E-state index in [-0.39, 0.29) is 12.5 Å². The number of aliphatic hydroxyl groups excluding tert-OH is 1. The normalized spacial score (nSPS) is 9.79. The van der Waals surface area contributed by atoms with E-state index in [0.29, 0.717) is 18.5 Å². The Morgan fingerprint density at radius 3 is 3.11 bits per heavy atom. The first kappa shape index (κ1) is 15.7. The highest BCUT2D eigenvalue weighted by atomic mass is 32.1. The van der Waals surface area contributed by atoms with Gasteiger partial charge >= 0.3 is 0 Å². The molecule has 0 aromatic carbocycles. The van der Waals surface area contributed by atoms with Gasteiger partial charge in [0, 0.05) is 32.1 Å². The lowest BCUT2D eigenvalue weighted by Crippen LogP contribution is -2.24. The minimum absolute atomic E-state index is 0.0627. The highest BCUT2D eigenvalue weighted by Crippen LogP contribution is 2.13. The molecule has 0 saturated carbocycles. The SMILES string of the molecule is COCCCCNC(=O)c1csc(C#CCCO)c1. The van der Waals surface area contributed by atoms with Crippen LogP contribution in [0.3, 0.4) is 0 Å². The summed E-state index contributed by atoms with van der Waals surface area (Å²) < 4.78 is 4.94. The van der Waals surface area contributed by atoms with E-state index in [1.807, 2.05) is 0 Å². The van der Waals surface area contributed by atoms with Crippen molar-refractivity contribution in [2.45, 2.75) is 19.3 Å². The van der Waals surface area contributed by atoms with Crippen LogP contribution in [0.5, 0.6) is 0 Å². The van der Waals surface area contributed by atoms with Gasteiger partial charge in [-0.3, -0.25) is 4.79 Å². The Labute approximate surface area is 117 Å². The third-order valence-corrected chi connectivity index (χ3v) is 3.22. The second-order valence-electron chi connectivity index (χ2n) is 3.93. The van der Waals surface area contributed by atoms with Gasteiger partial charge in [-0.25, -0.2) is 0 Å². The fourth-order valence-electron chi connectivity index (χ4n) is 1.40. The molecular formula is C14H19NO3S. The molecule has 0 atom stereocenters. The summed E-state index contributed by atoms with van der Waals surface area (Å²) in [6.07, 6.45) is 2.31. The number of nitrogens with one attached hydrogen (secondary N) is 1. The van der Waals surface area contributed by atoms with Gasteiger partial charge in [0.05, 0.1) is 17.0 Å². The fourth-order valence-corrected chi connectivity index (χ4v) is 2.16. The number of thiophene rings is 1. The molecule has 1 aromatic heterocycles. The predicted molar refractivity (Wildman–Crippen MR) is 76.3 cm³/mol. The number of amides is 1. The van der Waals surface area contributed by atoms with Crippen LogP contribution in [-0.2, 0) is 4.74 Å². The van der Waals surface area contributed by atoms with Crippen LogP contribution >= 0.6 is 11.3 Å². The van der Waals surface area contributed by atoms with E-state index < -0.39 is 0 Å². The first-order chi connectivity index (χ1) is 9.27. The Balaban J connectivity index is 2.35. The quantitative estimate of drug-likeness (QED) is 0.590. The molecule has 1 amide bonds. The van der Waals surface area contributed by atoms with E-state index in [9.17, 15) is 4.79 Å². The summed E-state index contributed by atoms with van der Waals surface area (Å²) in [4.78, 5) is 12.6. The van der Waals surface area contributed by atoms with Gasteiger partial charge in [0.2, 0.25) is 0 Å². The smallest absolute Gasteiger partial charge is 0.252 e. The van der Waals surface area contributed by atoms with Crippen molar-refractivity contribution in [3.8, 4) is 11.8 Å². The standard InChI is InChI=1S/C14H19NO3S/c1-18-9-5-3-7-15-14(17)12-10-13(19-11-12)6-2-4-8-16/h10-11,16H,3-5,7-9H2,1H3,(H,15,17). The summed E-state index contributed by atoms with van der Waals surface area (Å²) >= 11 is 1.44. The Morgan fingerprint density at radius 1 is 1.53 bits per heavy atom. The zero-order valence-electron chi connectivity index (χ0n) is 11.1. The Hall–Kier alpha value is -1.35. The van der Waals surface area contributed by atoms with E-state index >= 15 is 0 Å². The molecule has 1 aromatic rings. The number of carbonyl (C=O) groups is 1. The largest absolute Gasteiger partial charge is 0.395 e. The molecule has 0 unspecified atom stereocenters. The number of unbranched alkanes of at least 4 members (excludes halogenated alkanes) is 1. The maximum atomic E-state index is 11.8. The Bertz CT molecular complexity index is 445. The number of hydrogen-bond donors (Lipinski definition) is 2. The molecule has 4 nitrogen and oxygen atoms in total. The summed E-state index contributed by atoms with van der Waals surface area (Å²) in [6, 6.07) is 1.78. The van der Waals surface area contributed by atoms with Crippen molar-refractivity contribution in [3.63, 3.8) is 0 Å². The van der Waals surface area contributed by atoms with Crippen LogP contribution in [0.1, 0.15) is 34.5 Å². The monoisotopic (exact) mass is 281 g/mol. The molecular weight excluding hydrogens is 262 g/mol. The third-order valence-electron chi connectivity index (χ3n) is 2.37. The van der Waals surface area contributed by atoms with E-state index in [0.717, 1.165) is 24.3 Å².